The Balaban J connectivity index is 1.87. The van der Waals surface area contributed by atoms with Crippen LogP contribution in [0.15, 0.2) is 41.4 Å². The number of benzene rings is 1. The number of nitrogens with zero attached hydrogens (tertiary/aromatic N) is 2. The first-order valence-corrected chi connectivity index (χ1v) is 11.3. The number of piperazine rings is 1. The number of carbonyl (C=O) groups is 1. The number of nitrogens with one attached hydrogen (secondary N) is 3. The number of hydrogen-bond donors (Lipinski definition) is 3. The smallest absolute Gasteiger partial charge is 0.261 e. The van der Waals surface area contributed by atoms with E-state index in [1.165, 1.54) is 31.5 Å². The highest BCUT2D eigenvalue weighted by molar-refractivity contribution is 7.92. The van der Waals surface area contributed by atoms with Crippen LogP contribution < -0.4 is 25.0 Å². The predicted molar refractivity (Wildman–Crippen MR) is 117 cm³/mol. The molecule has 1 aliphatic heterocycles. The number of ether oxygens (including phenoxy) is 2. The first kappa shape index (κ1) is 22.8. The highest BCUT2D eigenvalue weighted by Crippen LogP contribution is 2.24. The van der Waals surface area contributed by atoms with Gasteiger partial charge in [-0.1, -0.05) is 0 Å². The Hall–Kier alpha value is -2.89. The Morgan fingerprint density at radius 1 is 1.19 bits per heavy atom. The summed E-state index contributed by atoms with van der Waals surface area (Å²) in [5.74, 6) is 0.725. The maximum atomic E-state index is 12.8. The SMILES string of the molecule is COCCNC(=O)c1cc(NS(=O)(=O)c2ccc(OC)cc2)cnc1N1CCNCC1. The topological polar surface area (TPSA) is 122 Å². The Morgan fingerprint density at radius 2 is 1.90 bits per heavy atom. The second-order valence-electron chi connectivity index (χ2n) is 6.86. The zero-order valence-corrected chi connectivity index (χ0v) is 18.4. The molecule has 2 heterocycles. The molecular formula is C20H27N5O5S. The van der Waals surface area contributed by atoms with Crippen LogP contribution in [0, 0.1) is 0 Å². The molecule has 1 aromatic heterocycles. The van der Waals surface area contributed by atoms with E-state index in [0.29, 0.717) is 43.4 Å². The maximum Gasteiger partial charge on any atom is 0.261 e. The summed E-state index contributed by atoms with van der Waals surface area (Å²) in [6.45, 7) is 3.64. The lowest BCUT2D eigenvalue weighted by atomic mass is 10.2. The lowest BCUT2D eigenvalue weighted by Gasteiger charge is -2.30. The lowest BCUT2D eigenvalue weighted by Crippen LogP contribution is -2.44. The third-order valence-electron chi connectivity index (χ3n) is 4.74. The Morgan fingerprint density at radius 3 is 2.55 bits per heavy atom. The number of aromatic nitrogens is 1. The monoisotopic (exact) mass is 449 g/mol. The van der Waals surface area contributed by atoms with Crippen LogP contribution in [0.1, 0.15) is 10.4 Å². The minimum Gasteiger partial charge on any atom is -0.497 e. The summed E-state index contributed by atoms with van der Waals surface area (Å²) in [5, 5.41) is 6.03. The van der Waals surface area contributed by atoms with E-state index in [9.17, 15) is 13.2 Å². The van der Waals surface area contributed by atoms with Gasteiger partial charge in [0, 0.05) is 39.8 Å². The van der Waals surface area contributed by atoms with Crippen LogP contribution in [0.3, 0.4) is 0 Å². The number of rotatable bonds is 9. The number of hydrogen-bond acceptors (Lipinski definition) is 8. The second-order valence-corrected chi connectivity index (χ2v) is 8.54. The number of carbonyl (C=O) groups excluding carboxylic acids is 1. The van der Waals surface area contributed by atoms with Crippen molar-refractivity contribution >= 4 is 27.4 Å². The molecule has 0 atom stereocenters. The van der Waals surface area contributed by atoms with Crippen molar-refractivity contribution in [2.75, 3.05) is 63.2 Å². The summed E-state index contributed by atoms with van der Waals surface area (Å²) in [6.07, 6.45) is 1.42. The van der Waals surface area contributed by atoms with Crippen LogP contribution >= 0.6 is 0 Å². The van der Waals surface area contributed by atoms with E-state index in [-0.39, 0.29) is 16.5 Å². The summed E-state index contributed by atoms with van der Waals surface area (Å²) < 4.78 is 38.1. The van der Waals surface area contributed by atoms with Crippen molar-refractivity contribution in [3.63, 3.8) is 0 Å². The lowest BCUT2D eigenvalue weighted by molar-refractivity contribution is 0.0937. The van der Waals surface area contributed by atoms with Crippen LogP contribution in [0.25, 0.3) is 0 Å². The Kier molecular flexibility index (Phi) is 7.66. The molecule has 0 radical (unpaired) electrons. The molecule has 1 saturated heterocycles. The molecule has 0 unspecified atom stereocenters. The molecule has 1 fully saturated rings. The molecule has 11 heteroatoms. The molecule has 1 aliphatic rings. The number of anilines is 2. The van der Waals surface area contributed by atoms with Crippen LogP contribution in [0.2, 0.25) is 0 Å². The van der Waals surface area contributed by atoms with Gasteiger partial charge in [0.25, 0.3) is 15.9 Å². The van der Waals surface area contributed by atoms with Gasteiger partial charge in [-0.2, -0.15) is 0 Å². The van der Waals surface area contributed by atoms with E-state index in [1.54, 1.807) is 19.2 Å². The molecule has 10 nitrogen and oxygen atoms in total. The van der Waals surface area contributed by atoms with Gasteiger partial charge in [0.05, 0.1) is 36.1 Å². The van der Waals surface area contributed by atoms with Crippen LogP contribution in [-0.2, 0) is 14.8 Å². The van der Waals surface area contributed by atoms with Crippen LogP contribution in [0.5, 0.6) is 5.75 Å². The summed E-state index contributed by atoms with van der Waals surface area (Å²) in [5.41, 5.74) is 0.500. The van der Waals surface area contributed by atoms with Gasteiger partial charge >= 0.3 is 0 Å². The average Bonchev–Trinajstić information content (AvgIpc) is 2.79. The van der Waals surface area contributed by atoms with Crippen molar-refractivity contribution in [2.45, 2.75) is 4.90 Å². The molecule has 2 aromatic rings. The van der Waals surface area contributed by atoms with E-state index >= 15 is 0 Å². The molecule has 3 N–H and O–H groups in total. The van der Waals surface area contributed by atoms with E-state index in [2.05, 4.69) is 20.3 Å². The van der Waals surface area contributed by atoms with Crippen molar-refractivity contribution in [3.05, 3.63) is 42.1 Å². The van der Waals surface area contributed by atoms with Gasteiger partial charge in [-0.05, 0) is 30.3 Å². The number of methoxy groups -OCH3 is 2. The zero-order chi connectivity index (χ0) is 22.3. The molecule has 0 bridgehead atoms. The summed E-state index contributed by atoms with van der Waals surface area (Å²) in [4.78, 5) is 19.3. The summed E-state index contributed by atoms with van der Waals surface area (Å²) in [6, 6.07) is 7.53. The molecule has 168 valence electrons. The molecule has 3 rings (SSSR count). The van der Waals surface area contributed by atoms with Crippen molar-refractivity contribution in [1.82, 2.24) is 15.6 Å². The summed E-state index contributed by atoms with van der Waals surface area (Å²) in [7, 11) is -0.804. The number of sulfonamides is 1. The van der Waals surface area contributed by atoms with E-state index < -0.39 is 10.0 Å². The van der Waals surface area contributed by atoms with Gasteiger partial charge in [0.15, 0.2) is 0 Å². The fourth-order valence-electron chi connectivity index (χ4n) is 3.14. The molecule has 1 aromatic carbocycles. The Bertz CT molecular complexity index is 992. The Labute approximate surface area is 182 Å². The van der Waals surface area contributed by atoms with Gasteiger partial charge in [-0.3, -0.25) is 9.52 Å². The van der Waals surface area contributed by atoms with Crippen molar-refractivity contribution in [3.8, 4) is 5.75 Å². The van der Waals surface area contributed by atoms with Crippen molar-refractivity contribution in [2.24, 2.45) is 0 Å². The zero-order valence-electron chi connectivity index (χ0n) is 17.6. The van der Waals surface area contributed by atoms with E-state index in [0.717, 1.165) is 13.1 Å². The average molecular weight is 450 g/mol. The maximum absolute atomic E-state index is 12.8. The van der Waals surface area contributed by atoms with Gasteiger partial charge in [0.1, 0.15) is 11.6 Å². The largest absolute Gasteiger partial charge is 0.497 e. The fraction of sp³-hybridized carbons (Fsp3) is 0.400. The van der Waals surface area contributed by atoms with Crippen molar-refractivity contribution in [1.29, 1.82) is 0 Å². The predicted octanol–water partition coefficient (Wildman–Crippen LogP) is 0.677. The van der Waals surface area contributed by atoms with Crippen LogP contribution in [-0.4, -0.2) is 72.9 Å². The third kappa shape index (κ3) is 5.84. The van der Waals surface area contributed by atoms with Gasteiger partial charge in [-0.25, -0.2) is 13.4 Å². The summed E-state index contributed by atoms with van der Waals surface area (Å²) >= 11 is 0. The van der Waals surface area contributed by atoms with Gasteiger partial charge in [-0.15, -0.1) is 0 Å². The van der Waals surface area contributed by atoms with E-state index in [4.69, 9.17) is 9.47 Å². The minimum absolute atomic E-state index is 0.0746. The first-order chi connectivity index (χ1) is 14.9. The number of pyridine rings is 1. The first-order valence-electron chi connectivity index (χ1n) is 9.84. The second kappa shape index (κ2) is 10.4. The van der Waals surface area contributed by atoms with Gasteiger partial charge in [0.2, 0.25) is 0 Å². The van der Waals surface area contributed by atoms with E-state index in [1.807, 2.05) is 4.90 Å². The molecular weight excluding hydrogens is 422 g/mol. The highest BCUT2D eigenvalue weighted by Gasteiger charge is 2.22. The molecule has 0 aliphatic carbocycles. The standard InChI is InChI=1S/C20H27N5O5S/c1-29-12-9-22-20(26)18-13-15(14-23-19(18)25-10-7-21-8-11-25)24-31(27,28)17-5-3-16(30-2)4-6-17/h3-6,13-14,21,24H,7-12H2,1-2H3,(H,22,26). The molecule has 31 heavy (non-hydrogen) atoms. The quantitative estimate of drug-likeness (QED) is 0.478. The van der Waals surface area contributed by atoms with Gasteiger partial charge < -0.3 is 25.0 Å². The molecule has 0 saturated carbocycles. The fourth-order valence-corrected chi connectivity index (χ4v) is 4.17. The normalized spacial score (nSPS) is 14.2. The minimum atomic E-state index is -3.86. The third-order valence-corrected chi connectivity index (χ3v) is 6.14. The molecule has 1 amide bonds. The number of amides is 1. The van der Waals surface area contributed by atoms with Crippen LogP contribution in [0.4, 0.5) is 11.5 Å². The highest BCUT2D eigenvalue weighted by atomic mass is 32.2. The molecule has 0 spiro atoms. The van der Waals surface area contributed by atoms with Crippen molar-refractivity contribution < 1.29 is 22.7 Å².